The number of carbonyl (C=O) groups excluding carboxylic acids is 1. The zero-order chi connectivity index (χ0) is 18.1. The van der Waals surface area contributed by atoms with Crippen LogP contribution in [0.25, 0.3) is 23.0 Å². The van der Waals surface area contributed by atoms with Crippen molar-refractivity contribution in [1.29, 1.82) is 0 Å². The molecule has 1 saturated heterocycles. The Labute approximate surface area is 160 Å². The van der Waals surface area contributed by atoms with Crippen molar-refractivity contribution in [3.63, 3.8) is 0 Å². The maximum absolute atomic E-state index is 12.1. The Kier molecular flexibility index (Phi) is 4.44. The normalized spacial score (nSPS) is 15.5. The number of hydrogen-bond acceptors (Lipinski definition) is 4. The summed E-state index contributed by atoms with van der Waals surface area (Å²) in [5.74, 6) is -0.164. The molecule has 0 saturated carbocycles. The number of aromatic nitrogens is 2. The van der Waals surface area contributed by atoms with E-state index in [1.165, 1.54) is 11.8 Å². The van der Waals surface area contributed by atoms with Crippen LogP contribution >= 0.6 is 24.0 Å². The van der Waals surface area contributed by atoms with Gasteiger partial charge in [0.1, 0.15) is 4.32 Å². The van der Waals surface area contributed by atoms with E-state index in [1.54, 1.807) is 0 Å². The number of benzene rings is 2. The highest BCUT2D eigenvalue weighted by Gasteiger charge is 2.23. The Bertz CT molecular complexity index is 1040. The van der Waals surface area contributed by atoms with Crippen molar-refractivity contribution in [3.05, 3.63) is 76.8 Å². The lowest BCUT2D eigenvalue weighted by Gasteiger charge is -2.04. The topological polar surface area (TPSA) is 46.9 Å². The van der Waals surface area contributed by atoms with Gasteiger partial charge in [-0.25, -0.2) is 4.68 Å². The highest BCUT2D eigenvalue weighted by atomic mass is 32.2. The highest BCUT2D eigenvalue weighted by molar-refractivity contribution is 8.26. The van der Waals surface area contributed by atoms with Crippen LogP contribution in [0.4, 0.5) is 0 Å². The lowest BCUT2D eigenvalue weighted by Crippen LogP contribution is -2.17. The molecule has 0 spiro atoms. The lowest BCUT2D eigenvalue weighted by molar-refractivity contribution is -0.115. The zero-order valence-electron chi connectivity index (χ0n) is 14.0. The maximum Gasteiger partial charge on any atom is 0.263 e. The van der Waals surface area contributed by atoms with Crippen molar-refractivity contribution in [2.75, 3.05) is 0 Å². The summed E-state index contributed by atoms with van der Waals surface area (Å²) in [7, 11) is 0. The molecule has 2 aromatic carbocycles. The quantitative estimate of drug-likeness (QED) is 0.545. The van der Waals surface area contributed by atoms with Crippen molar-refractivity contribution in [2.45, 2.75) is 6.92 Å². The molecule has 1 N–H and O–H groups in total. The predicted molar refractivity (Wildman–Crippen MR) is 110 cm³/mol. The number of hydrogen-bond donors (Lipinski definition) is 1. The number of carbonyl (C=O) groups is 1. The van der Waals surface area contributed by atoms with E-state index in [0.717, 1.165) is 28.1 Å². The molecule has 1 aliphatic rings. The Morgan fingerprint density at radius 3 is 2.54 bits per heavy atom. The Hall–Kier alpha value is -2.70. The number of nitrogens with one attached hydrogen (secondary N) is 1. The fraction of sp³-hybridized carbons (Fsp3) is 0.0500. The van der Waals surface area contributed by atoms with E-state index >= 15 is 0 Å². The van der Waals surface area contributed by atoms with Crippen LogP contribution in [0.3, 0.4) is 0 Å². The van der Waals surface area contributed by atoms with Gasteiger partial charge < -0.3 is 5.32 Å². The van der Waals surface area contributed by atoms with E-state index in [1.807, 2.05) is 65.5 Å². The minimum Gasteiger partial charge on any atom is -0.307 e. The van der Waals surface area contributed by atoms with E-state index in [4.69, 9.17) is 17.3 Å². The van der Waals surface area contributed by atoms with Gasteiger partial charge in [0.25, 0.3) is 5.91 Å². The Balaban J connectivity index is 1.87. The van der Waals surface area contributed by atoms with E-state index in [-0.39, 0.29) is 5.91 Å². The van der Waals surface area contributed by atoms with Gasteiger partial charge >= 0.3 is 0 Å². The van der Waals surface area contributed by atoms with Gasteiger partial charge in [-0.05, 0) is 24.6 Å². The molecule has 1 aromatic heterocycles. The summed E-state index contributed by atoms with van der Waals surface area (Å²) in [5, 5.41) is 7.45. The van der Waals surface area contributed by atoms with Gasteiger partial charge in [-0.2, -0.15) is 5.10 Å². The molecule has 3 aromatic rings. The van der Waals surface area contributed by atoms with Crippen molar-refractivity contribution in [2.24, 2.45) is 0 Å². The number of thioether (sulfide) groups is 1. The molecule has 0 radical (unpaired) electrons. The van der Waals surface area contributed by atoms with Crippen LogP contribution in [0.2, 0.25) is 0 Å². The molecule has 0 atom stereocenters. The van der Waals surface area contributed by atoms with E-state index in [9.17, 15) is 4.79 Å². The molecule has 4 rings (SSSR count). The third-order valence-corrected chi connectivity index (χ3v) is 5.24. The minimum absolute atomic E-state index is 0.164. The zero-order valence-corrected chi connectivity index (χ0v) is 15.6. The smallest absolute Gasteiger partial charge is 0.263 e. The highest BCUT2D eigenvalue weighted by Crippen LogP contribution is 2.31. The molecule has 0 unspecified atom stereocenters. The first-order chi connectivity index (χ1) is 12.6. The van der Waals surface area contributed by atoms with Crippen molar-refractivity contribution >= 4 is 40.3 Å². The molecule has 26 heavy (non-hydrogen) atoms. The van der Waals surface area contributed by atoms with Crippen molar-refractivity contribution in [1.82, 2.24) is 15.1 Å². The second-order valence-electron chi connectivity index (χ2n) is 5.88. The van der Waals surface area contributed by atoms with Crippen LogP contribution < -0.4 is 5.32 Å². The van der Waals surface area contributed by atoms with Gasteiger partial charge in [0, 0.05) is 17.3 Å². The molecule has 128 valence electrons. The van der Waals surface area contributed by atoms with Crippen molar-refractivity contribution < 1.29 is 4.79 Å². The summed E-state index contributed by atoms with van der Waals surface area (Å²) < 4.78 is 2.34. The van der Waals surface area contributed by atoms with Crippen molar-refractivity contribution in [3.8, 4) is 16.9 Å². The van der Waals surface area contributed by atoms with Gasteiger partial charge in [0.05, 0.1) is 16.3 Å². The number of aryl methyl sites for hydroxylation is 1. The van der Waals surface area contributed by atoms with E-state index < -0.39 is 0 Å². The molecule has 4 nitrogen and oxygen atoms in total. The van der Waals surface area contributed by atoms with Gasteiger partial charge in [-0.3, -0.25) is 4.79 Å². The van der Waals surface area contributed by atoms with E-state index in [0.29, 0.717) is 9.23 Å². The average Bonchev–Trinajstić information content (AvgIpc) is 3.19. The summed E-state index contributed by atoms with van der Waals surface area (Å²) in [5.41, 5.74) is 4.84. The lowest BCUT2D eigenvalue weighted by atomic mass is 10.1. The van der Waals surface area contributed by atoms with Gasteiger partial charge in [-0.1, -0.05) is 72.5 Å². The summed E-state index contributed by atoms with van der Waals surface area (Å²) in [6.07, 6.45) is 3.80. The Morgan fingerprint density at radius 2 is 1.85 bits per heavy atom. The summed E-state index contributed by atoms with van der Waals surface area (Å²) in [6, 6.07) is 18.0. The molecule has 2 heterocycles. The number of rotatable bonds is 3. The predicted octanol–water partition coefficient (Wildman–Crippen LogP) is 4.34. The fourth-order valence-corrected chi connectivity index (χ4v) is 3.85. The van der Waals surface area contributed by atoms with E-state index in [2.05, 4.69) is 18.3 Å². The van der Waals surface area contributed by atoms with Crippen LogP contribution in [0.5, 0.6) is 0 Å². The number of amides is 1. The van der Waals surface area contributed by atoms with Crippen LogP contribution in [0, 0.1) is 6.92 Å². The fourth-order valence-electron chi connectivity index (χ4n) is 2.82. The molecule has 1 fully saturated rings. The monoisotopic (exact) mass is 377 g/mol. The second-order valence-corrected chi connectivity index (χ2v) is 7.60. The molecule has 6 heteroatoms. The number of nitrogens with zero attached hydrogens (tertiary/aromatic N) is 2. The van der Waals surface area contributed by atoms with Crippen LogP contribution in [0.1, 0.15) is 11.1 Å². The first kappa shape index (κ1) is 16.8. The van der Waals surface area contributed by atoms with Crippen LogP contribution in [-0.4, -0.2) is 20.0 Å². The largest absolute Gasteiger partial charge is 0.307 e. The average molecular weight is 377 g/mol. The Morgan fingerprint density at radius 1 is 1.12 bits per heavy atom. The SMILES string of the molecule is Cc1ccccc1-n1cc(/C=C2\SC(=S)NC2=O)c(-c2ccccc2)n1. The van der Waals surface area contributed by atoms with Crippen LogP contribution in [0.15, 0.2) is 65.7 Å². The molecule has 1 aliphatic heterocycles. The summed E-state index contributed by atoms with van der Waals surface area (Å²) in [4.78, 5) is 12.6. The third-order valence-electron chi connectivity index (χ3n) is 4.08. The molecule has 0 bridgehead atoms. The molecular formula is C20H15N3OS2. The molecule has 1 amide bonds. The molecular weight excluding hydrogens is 362 g/mol. The third kappa shape index (κ3) is 3.21. The second kappa shape index (κ2) is 6.90. The number of para-hydroxylation sites is 1. The molecule has 0 aliphatic carbocycles. The first-order valence-electron chi connectivity index (χ1n) is 8.08. The van der Waals surface area contributed by atoms with Gasteiger partial charge in [0.15, 0.2) is 0 Å². The summed E-state index contributed by atoms with van der Waals surface area (Å²) >= 11 is 6.36. The van der Waals surface area contributed by atoms with Crippen LogP contribution in [-0.2, 0) is 4.79 Å². The van der Waals surface area contributed by atoms with Gasteiger partial charge in [0.2, 0.25) is 0 Å². The summed E-state index contributed by atoms with van der Waals surface area (Å²) in [6.45, 7) is 2.05. The number of thiocarbonyl (C=S) groups is 1. The van der Waals surface area contributed by atoms with Gasteiger partial charge in [-0.15, -0.1) is 0 Å². The minimum atomic E-state index is -0.164. The first-order valence-corrected chi connectivity index (χ1v) is 9.30. The standard InChI is InChI=1S/C20H15N3OS2/c1-13-7-5-6-10-16(13)23-12-15(11-17-19(24)21-20(25)26-17)18(22-23)14-8-3-2-4-9-14/h2-12H,1H3,(H,21,24,25)/b17-11-. The maximum atomic E-state index is 12.1.